The zero-order valence-corrected chi connectivity index (χ0v) is 17.0. The van der Waals surface area contributed by atoms with E-state index in [1.54, 1.807) is 0 Å². The van der Waals surface area contributed by atoms with Crippen LogP contribution in [0, 0.1) is 5.92 Å². The maximum Gasteiger partial charge on any atom is 0.193 e. The predicted molar refractivity (Wildman–Crippen MR) is 106 cm³/mol. The molecule has 1 aliphatic carbocycles. The van der Waals surface area contributed by atoms with Crippen LogP contribution in [0.25, 0.3) is 0 Å². The van der Waals surface area contributed by atoms with Crippen LogP contribution in [0.1, 0.15) is 51.9 Å². The number of aliphatic imine (C=N–C) groups is 1. The normalized spacial score (nSPS) is 21.8. The van der Waals surface area contributed by atoms with Crippen LogP contribution in [0.4, 0.5) is 0 Å². The Balaban J connectivity index is 0.00000242. The number of likely N-dealkylation sites (N-methyl/N-ethyl adjacent to an activating group) is 1. The molecule has 0 radical (unpaired) electrons. The standard InChI is InChI=1S/C17H34N4.HI/c1-4-18-17(21-12-8-9-13-21)19-14-16(20(2)3)15-10-6-5-7-11-15;/h15-16H,4-14H2,1-3H3,(H,18,19);1H. The molecule has 1 aliphatic heterocycles. The molecule has 1 N–H and O–H groups in total. The number of nitrogens with one attached hydrogen (secondary N) is 1. The van der Waals surface area contributed by atoms with E-state index in [0.29, 0.717) is 6.04 Å². The first-order valence-electron chi connectivity index (χ1n) is 8.92. The minimum Gasteiger partial charge on any atom is -0.357 e. The molecule has 130 valence electrons. The predicted octanol–water partition coefficient (Wildman–Crippen LogP) is 3.18. The highest BCUT2D eigenvalue weighted by molar-refractivity contribution is 14.0. The van der Waals surface area contributed by atoms with Crippen LogP contribution in [0.3, 0.4) is 0 Å². The van der Waals surface area contributed by atoms with Crippen LogP contribution in [0.5, 0.6) is 0 Å². The quantitative estimate of drug-likeness (QED) is 0.420. The van der Waals surface area contributed by atoms with Crippen molar-refractivity contribution >= 4 is 29.9 Å². The summed E-state index contributed by atoms with van der Waals surface area (Å²) >= 11 is 0. The molecule has 1 saturated heterocycles. The number of guanidine groups is 1. The van der Waals surface area contributed by atoms with E-state index in [1.165, 1.54) is 58.0 Å². The summed E-state index contributed by atoms with van der Waals surface area (Å²) < 4.78 is 0. The molecule has 1 unspecified atom stereocenters. The van der Waals surface area contributed by atoms with E-state index in [-0.39, 0.29) is 24.0 Å². The zero-order chi connectivity index (χ0) is 15.1. The van der Waals surface area contributed by atoms with Gasteiger partial charge in [0.1, 0.15) is 0 Å². The fraction of sp³-hybridized carbons (Fsp3) is 0.941. The van der Waals surface area contributed by atoms with Crippen molar-refractivity contribution in [1.29, 1.82) is 0 Å². The lowest BCUT2D eigenvalue weighted by molar-refractivity contribution is 0.175. The summed E-state index contributed by atoms with van der Waals surface area (Å²) in [6, 6.07) is 0.599. The Morgan fingerprint density at radius 2 is 1.77 bits per heavy atom. The number of nitrogens with zero attached hydrogens (tertiary/aromatic N) is 3. The van der Waals surface area contributed by atoms with Crippen molar-refractivity contribution in [2.24, 2.45) is 10.9 Å². The summed E-state index contributed by atoms with van der Waals surface area (Å²) in [5, 5.41) is 3.48. The molecule has 0 aromatic rings. The SMILES string of the molecule is CCNC(=NCC(C1CCCCC1)N(C)C)N1CCCC1.I. The molecule has 2 fully saturated rings. The maximum atomic E-state index is 4.98. The van der Waals surface area contributed by atoms with Gasteiger partial charge in [0, 0.05) is 25.7 Å². The lowest BCUT2D eigenvalue weighted by atomic mass is 9.83. The highest BCUT2D eigenvalue weighted by Gasteiger charge is 2.25. The topological polar surface area (TPSA) is 30.9 Å². The third-order valence-electron chi connectivity index (χ3n) is 5.03. The monoisotopic (exact) mass is 422 g/mol. The Kier molecular flexibility index (Phi) is 9.71. The van der Waals surface area contributed by atoms with Gasteiger partial charge < -0.3 is 15.1 Å². The summed E-state index contributed by atoms with van der Waals surface area (Å²) in [7, 11) is 4.44. The molecule has 0 amide bonds. The Morgan fingerprint density at radius 3 is 2.32 bits per heavy atom. The van der Waals surface area contributed by atoms with Gasteiger partial charge in [-0.05, 0) is 52.6 Å². The van der Waals surface area contributed by atoms with Gasteiger partial charge in [0.15, 0.2) is 5.96 Å². The molecule has 0 aromatic heterocycles. The van der Waals surface area contributed by atoms with E-state index < -0.39 is 0 Å². The Bertz CT molecular complexity index is 321. The zero-order valence-electron chi connectivity index (χ0n) is 14.7. The van der Waals surface area contributed by atoms with Gasteiger partial charge in [-0.3, -0.25) is 4.99 Å². The molecule has 0 spiro atoms. The van der Waals surface area contributed by atoms with Crippen LogP contribution in [-0.4, -0.2) is 62.1 Å². The summed E-state index contributed by atoms with van der Waals surface area (Å²) in [6.07, 6.45) is 9.64. The maximum absolute atomic E-state index is 4.98. The first-order chi connectivity index (χ1) is 10.2. The Morgan fingerprint density at radius 1 is 1.14 bits per heavy atom. The van der Waals surface area contributed by atoms with Gasteiger partial charge in [0.25, 0.3) is 0 Å². The molecule has 2 rings (SSSR count). The van der Waals surface area contributed by atoms with E-state index in [2.05, 4.69) is 36.1 Å². The van der Waals surface area contributed by atoms with Gasteiger partial charge >= 0.3 is 0 Å². The molecule has 1 heterocycles. The Hall–Kier alpha value is -0.0400. The highest BCUT2D eigenvalue weighted by atomic mass is 127. The number of hydrogen-bond donors (Lipinski definition) is 1. The lowest BCUT2D eigenvalue weighted by Crippen LogP contribution is -2.43. The molecule has 0 aromatic carbocycles. The molecule has 4 nitrogen and oxygen atoms in total. The average Bonchev–Trinajstić information content (AvgIpc) is 3.01. The molecule has 22 heavy (non-hydrogen) atoms. The number of hydrogen-bond acceptors (Lipinski definition) is 2. The second-order valence-electron chi connectivity index (χ2n) is 6.82. The largest absolute Gasteiger partial charge is 0.357 e. The van der Waals surface area contributed by atoms with Crippen LogP contribution in [0.2, 0.25) is 0 Å². The van der Waals surface area contributed by atoms with Crippen molar-refractivity contribution in [2.75, 3.05) is 40.3 Å². The summed E-state index contributed by atoms with van der Waals surface area (Å²) in [5.74, 6) is 1.97. The van der Waals surface area contributed by atoms with E-state index in [4.69, 9.17) is 4.99 Å². The molecular weight excluding hydrogens is 387 g/mol. The third-order valence-corrected chi connectivity index (χ3v) is 5.03. The fourth-order valence-corrected chi connectivity index (χ4v) is 3.79. The first-order valence-corrected chi connectivity index (χ1v) is 8.92. The van der Waals surface area contributed by atoms with Crippen molar-refractivity contribution < 1.29 is 0 Å². The minimum absolute atomic E-state index is 0. The van der Waals surface area contributed by atoms with Crippen LogP contribution in [0.15, 0.2) is 4.99 Å². The van der Waals surface area contributed by atoms with Gasteiger partial charge in [-0.15, -0.1) is 24.0 Å². The Labute approximate surface area is 154 Å². The van der Waals surface area contributed by atoms with Crippen molar-refractivity contribution in [2.45, 2.75) is 57.9 Å². The summed E-state index contributed by atoms with van der Waals surface area (Å²) in [4.78, 5) is 9.81. The van der Waals surface area contributed by atoms with Gasteiger partial charge in [-0.25, -0.2) is 0 Å². The van der Waals surface area contributed by atoms with Crippen molar-refractivity contribution in [3.05, 3.63) is 0 Å². The summed E-state index contributed by atoms with van der Waals surface area (Å²) in [5.41, 5.74) is 0. The minimum atomic E-state index is 0. The highest BCUT2D eigenvalue weighted by Crippen LogP contribution is 2.28. The van der Waals surface area contributed by atoms with Crippen LogP contribution < -0.4 is 5.32 Å². The molecule has 1 saturated carbocycles. The first kappa shape index (κ1) is 20.0. The number of rotatable bonds is 5. The molecular formula is C17H35IN4. The fourth-order valence-electron chi connectivity index (χ4n) is 3.79. The third kappa shape index (κ3) is 5.87. The van der Waals surface area contributed by atoms with Crippen LogP contribution >= 0.6 is 24.0 Å². The van der Waals surface area contributed by atoms with E-state index in [1.807, 2.05) is 0 Å². The second-order valence-corrected chi connectivity index (χ2v) is 6.82. The van der Waals surface area contributed by atoms with Crippen molar-refractivity contribution in [1.82, 2.24) is 15.1 Å². The molecule has 5 heteroatoms. The average molecular weight is 422 g/mol. The molecule has 0 bridgehead atoms. The number of likely N-dealkylation sites (tertiary alicyclic amines) is 1. The van der Waals surface area contributed by atoms with Crippen LogP contribution in [-0.2, 0) is 0 Å². The smallest absolute Gasteiger partial charge is 0.193 e. The van der Waals surface area contributed by atoms with Crippen molar-refractivity contribution in [3.63, 3.8) is 0 Å². The van der Waals surface area contributed by atoms with Gasteiger partial charge in [0.05, 0.1) is 6.54 Å². The van der Waals surface area contributed by atoms with Gasteiger partial charge in [0.2, 0.25) is 0 Å². The molecule has 2 aliphatic rings. The summed E-state index contributed by atoms with van der Waals surface area (Å²) in [6.45, 7) is 6.40. The van der Waals surface area contributed by atoms with E-state index in [0.717, 1.165) is 25.0 Å². The number of halogens is 1. The lowest BCUT2D eigenvalue weighted by Gasteiger charge is -2.34. The van der Waals surface area contributed by atoms with E-state index >= 15 is 0 Å². The molecule has 1 atom stereocenters. The van der Waals surface area contributed by atoms with Gasteiger partial charge in [-0.1, -0.05) is 19.3 Å². The van der Waals surface area contributed by atoms with E-state index in [9.17, 15) is 0 Å². The van der Waals surface area contributed by atoms with Gasteiger partial charge in [-0.2, -0.15) is 0 Å². The van der Waals surface area contributed by atoms with Crippen molar-refractivity contribution in [3.8, 4) is 0 Å². The second kappa shape index (κ2) is 10.7.